The molecule has 0 bridgehead atoms. The van der Waals surface area contributed by atoms with Crippen LogP contribution in [-0.2, 0) is 0 Å². The van der Waals surface area contributed by atoms with E-state index in [1.807, 2.05) is 0 Å². The highest BCUT2D eigenvalue weighted by Crippen LogP contribution is 2.50. The normalized spacial score (nSPS) is 13.8. The zero-order valence-electron chi connectivity index (χ0n) is 44.2. The molecule has 380 valence electrons. The number of hydrogen-bond donors (Lipinski definition) is 0. The van der Waals surface area contributed by atoms with Crippen LogP contribution in [0.25, 0.3) is 0 Å². The summed E-state index contributed by atoms with van der Waals surface area (Å²) in [6, 6.07) is 98.1. The first-order chi connectivity index (χ1) is 40.7. The lowest BCUT2D eigenvalue weighted by Gasteiger charge is -2.45. The summed E-state index contributed by atoms with van der Waals surface area (Å²) in [4.78, 5) is 9.57. The van der Waals surface area contributed by atoms with Gasteiger partial charge in [0, 0.05) is 86.2 Å². The van der Waals surface area contributed by atoms with Gasteiger partial charge in [-0.3, -0.25) is 0 Å². The molecule has 18 rings (SSSR count). The zero-order valence-corrected chi connectivity index (χ0v) is 44.2. The molecule has 0 saturated carbocycles. The van der Waals surface area contributed by atoms with Crippen molar-refractivity contribution in [2.75, 3.05) is 19.6 Å². The number of fused-ring (bicyclic) bond motifs is 13. The molecule has 7 nitrogen and oxygen atoms in total. The van der Waals surface area contributed by atoms with Crippen LogP contribution in [0.3, 0.4) is 0 Å². The average molecular weight is 1050 g/mol. The number of hydrogen-bond acceptors (Lipinski definition) is 7. The maximum atomic E-state index is 7.62. The predicted octanol–water partition coefficient (Wildman–Crippen LogP) is 12.4. The molecule has 0 aliphatic carbocycles. The minimum Gasteiger partial charge on any atom is -0.459 e. The number of para-hydroxylation sites is 8. The number of nitrogens with zero attached hydrogens (tertiary/aromatic N) is 4. The van der Waals surface area contributed by atoms with Crippen molar-refractivity contribution >= 4 is 138 Å². The van der Waals surface area contributed by atoms with E-state index in [0.29, 0.717) is 0 Å². The largest absolute Gasteiger partial charge is 0.459 e. The van der Waals surface area contributed by atoms with E-state index in [4.69, 9.17) is 14.2 Å². The molecule has 0 amide bonds. The van der Waals surface area contributed by atoms with Crippen molar-refractivity contribution in [3.05, 3.63) is 273 Å². The van der Waals surface area contributed by atoms with E-state index in [1.165, 1.54) is 16.4 Å². The third-order valence-corrected chi connectivity index (χ3v) is 17.5. The number of rotatable bonds is 6. The summed E-state index contributed by atoms with van der Waals surface area (Å²) >= 11 is 0. The molecule has 6 aliphatic rings. The van der Waals surface area contributed by atoms with Crippen LogP contribution >= 0.6 is 0 Å². The average Bonchev–Trinajstić information content (AvgIpc) is 1.20. The van der Waals surface area contributed by atoms with Gasteiger partial charge in [0.05, 0.1) is 5.69 Å². The molecule has 12 aromatic carbocycles. The van der Waals surface area contributed by atoms with Gasteiger partial charge >= 0.3 is 0 Å². The Morgan fingerprint density at radius 2 is 0.695 bits per heavy atom. The topological polar surface area (TPSA) is 40.7 Å². The fourth-order valence-electron chi connectivity index (χ4n) is 14.3. The Morgan fingerprint density at radius 3 is 1.34 bits per heavy atom. The number of benzene rings is 12. The van der Waals surface area contributed by atoms with E-state index in [-0.39, 0.29) is 20.1 Å². The van der Waals surface area contributed by atoms with E-state index in [2.05, 4.69) is 293 Å². The van der Waals surface area contributed by atoms with Crippen molar-refractivity contribution < 1.29 is 14.2 Å². The van der Waals surface area contributed by atoms with Crippen LogP contribution in [0.1, 0.15) is 0 Å². The first-order valence-corrected chi connectivity index (χ1v) is 28.2. The molecule has 6 heterocycles. The van der Waals surface area contributed by atoms with Crippen LogP contribution in [-0.4, -0.2) is 20.1 Å². The Bertz CT molecular complexity index is 4570. The van der Waals surface area contributed by atoms with Crippen LogP contribution in [0.2, 0.25) is 0 Å². The first kappa shape index (κ1) is 45.3. The van der Waals surface area contributed by atoms with Gasteiger partial charge < -0.3 is 33.8 Å². The molecule has 82 heavy (non-hydrogen) atoms. The van der Waals surface area contributed by atoms with E-state index in [0.717, 1.165) is 136 Å². The Morgan fingerprint density at radius 1 is 0.244 bits per heavy atom. The molecule has 0 radical (unpaired) electrons. The second-order valence-corrected chi connectivity index (χ2v) is 21.8. The highest BCUT2D eigenvalue weighted by molar-refractivity contribution is 7.04. The highest BCUT2D eigenvalue weighted by atomic mass is 16.5. The van der Waals surface area contributed by atoms with Gasteiger partial charge in [-0.05, 0) is 141 Å². The lowest BCUT2D eigenvalue weighted by molar-refractivity contribution is 0.469. The smallest absolute Gasteiger partial charge is 0.261 e. The van der Waals surface area contributed by atoms with Crippen molar-refractivity contribution in [1.82, 2.24) is 0 Å². The SMILES string of the molecule is c1ccc(N(c2ccccc2)c2cc3c4c(c2)N(c2ccccc2)c2ccccc2B4c2cc4c(cc2O3)N(c2ccccc2)c2cc3c(c5c2B4c2ccccc2O5)B2c4ccccc4N(c4ccccc4)c4cccc(c42)O3)cc1. The van der Waals surface area contributed by atoms with Gasteiger partial charge in [0.2, 0.25) is 0 Å². The molecule has 0 aromatic heterocycles. The van der Waals surface area contributed by atoms with Gasteiger partial charge in [0.25, 0.3) is 20.1 Å². The van der Waals surface area contributed by atoms with Gasteiger partial charge in [-0.2, -0.15) is 0 Å². The molecule has 6 aliphatic heterocycles. The quantitative estimate of drug-likeness (QED) is 0.154. The zero-order chi connectivity index (χ0) is 53.6. The summed E-state index contributed by atoms with van der Waals surface area (Å²) in [5, 5.41) is 0. The molecule has 0 saturated heterocycles. The summed E-state index contributed by atoms with van der Waals surface area (Å²) in [6.07, 6.45) is 0. The molecule has 0 unspecified atom stereocenters. The van der Waals surface area contributed by atoms with Gasteiger partial charge in [0.15, 0.2) is 0 Å². The number of ether oxygens (including phenoxy) is 3. The van der Waals surface area contributed by atoms with Gasteiger partial charge in [-0.25, -0.2) is 0 Å². The summed E-state index contributed by atoms with van der Waals surface area (Å²) in [6.45, 7) is -0.581. The van der Waals surface area contributed by atoms with E-state index >= 15 is 0 Å². The predicted molar refractivity (Wildman–Crippen MR) is 339 cm³/mol. The Labute approximate surface area is 476 Å². The van der Waals surface area contributed by atoms with Crippen LogP contribution < -0.4 is 83.0 Å². The van der Waals surface area contributed by atoms with E-state index in [1.54, 1.807) is 0 Å². The Hall–Kier alpha value is -10.6. The minimum absolute atomic E-state index is 0.176. The first-order valence-electron chi connectivity index (χ1n) is 28.2. The van der Waals surface area contributed by atoms with Gasteiger partial charge in [0.1, 0.15) is 34.5 Å². The highest BCUT2D eigenvalue weighted by Gasteiger charge is 2.51. The van der Waals surface area contributed by atoms with E-state index in [9.17, 15) is 0 Å². The molecule has 0 N–H and O–H groups in total. The standard InChI is InChI=1S/C72H45B3N4O3/c1-6-23-46(24-7-1)76(47-25-8-2-9-26-47)51-41-61-69-66(42-51)81-65-44-60-55(43-56(65)73(69)52-33-16-19-36-57(52)78(61)49-29-12-4-13-30-49)74-54-35-18-21-39-63(54)82-72-70(74)62(79(60)50-31-14-5-15-32-50)45-67-71(72)75-53-34-17-20-37-58(53)77(48-27-10-3-11-28-48)59-38-22-40-64(80-67)68(59)75/h1-45H. The Kier molecular flexibility index (Phi) is 9.65. The second kappa shape index (κ2) is 17.5. The second-order valence-electron chi connectivity index (χ2n) is 21.8. The summed E-state index contributed by atoms with van der Waals surface area (Å²) < 4.78 is 22.5. The molecule has 12 aromatic rings. The van der Waals surface area contributed by atoms with E-state index < -0.39 is 0 Å². The van der Waals surface area contributed by atoms with Gasteiger partial charge in [-0.1, -0.05) is 158 Å². The van der Waals surface area contributed by atoms with Crippen molar-refractivity contribution in [3.63, 3.8) is 0 Å². The monoisotopic (exact) mass is 1050 g/mol. The minimum atomic E-state index is -0.218. The van der Waals surface area contributed by atoms with Crippen molar-refractivity contribution in [1.29, 1.82) is 0 Å². The van der Waals surface area contributed by atoms with Crippen LogP contribution in [0.4, 0.5) is 68.2 Å². The maximum absolute atomic E-state index is 7.62. The summed E-state index contributed by atoms with van der Waals surface area (Å²) in [5.74, 6) is 4.93. The molecule has 10 heteroatoms. The fourth-order valence-corrected chi connectivity index (χ4v) is 14.3. The van der Waals surface area contributed by atoms with Crippen LogP contribution in [0.5, 0.6) is 34.5 Å². The number of anilines is 12. The third kappa shape index (κ3) is 6.46. The molecular formula is C72H45B3N4O3. The van der Waals surface area contributed by atoms with Crippen molar-refractivity contribution in [2.45, 2.75) is 0 Å². The van der Waals surface area contributed by atoms with Gasteiger partial charge in [-0.15, -0.1) is 0 Å². The van der Waals surface area contributed by atoms with Crippen LogP contribution in [0, 0.1) is 0 Å². The van der Waals surface area contributed by atoms with Crippen molar-refractivity contribution in [3.8, 4) is 34.5 Å². The summed E-state index contributed by atoms with van der Waals surface area (Å²) in [5.41, 5.74) is 23.0. The van der Waals surface area contributed by atoms with Crippen molar-refractivity contribution in [2.24, 2.45) is 0 Å². The summed E-state index contributed by atoms with van der Waals surface area (Å²) in [7, 11) is 0. The van der Waals surface area contributed by atoms with Crippen LogP contribution in [0.15, 0.2) is 273 Å². The molecule has 0 spiro atoms. The molecule has 0 fully saturated rings. The molecule has 0 atom stereocenters. The Balaban J connectivity index is 0.895. The fraction of sp³-hybridized carbons (Fsp3) is 0. The molecular weight excluding hydrogens is 1000 g/mol. The third-order valence-electron chi connectivity index (χ3n) is 17.5. The lowest BCUT2D eigenvalue weighted by atomic mass is 9.29. The maximum Gasteiger partial charge on any atom is 0.261 e. The lowest BCUT2D eigenvalue weighted by Crippen LogP contribution is -2.65.